The topological polar surface area (TPSA) is 85.5 Å². The summed E-state index contributed by atoms with van der Waals surface area (Å²) in [6, 6.07) is 19.5. The highest BCUT2D eigenvalue weighted by Gasteiger charge is 2.17. The van der Waals surface area contributed by atoms with E-state index in [0.717, 1.165) is 22.9 Å². The molecule has 4 rings (SSSR count). The Labute approximate surface area is 192 Å². The van der Waals surface area contributed by atoms with Crippen molar-refractivity contribution in [2.45, 2.75) is 20.4 Å². The Morgan fingerprint density at radius 2 is 1.55 bits per heavy atom. The number of anilines is 2. The summed E-state index contributed by atoms with van der Waals surface area (Å²) in [5, 5.41) is 5.74. The maximum atomic E-state index is 12.9. The van der Waals surface area contributed by atoms with Gasteiger partial charge in [-0.2, -0.15) is 0 Å². The van der Waals surface area contributed by atoms with E-state index in [1.165, 1.54) is 0 Å². The summed E-state index contributed by atoms with van der Waals surface area (Å²) in [6.07, 6.45) is 1.64. The fraction of sp³-hybridized carbons (Fsp3) is 0.154. The number of rotatable bonds is 7. The van der Waals surface area contributed by atoms with Crippen LogP contribution in [0.2, 0.25) is 0 Å². The van der Waals surface area contributed by atoms with Gasteiger partial charge in [0.15, 0.2) is 0 Å². The number of methoxy groups -OCH3 is 1. The molecule has 2 heterocycles. The zero-order valence-corrected chi connectivity index (χ0v) is 18.7. The highest BCUT2D eigenvalue weighted by Crippen LogP contribution is 2.20. The van der Waals surface area contributed by atoms with Gasteiger partial charge in [-0.25, -0.2) is 0 Å². The van der Waals surface area contributed by atoms with Gasteiger partial charge in [0.1, 0.15) is 11.5 Å². The molecule has 2 aromatic carbocycles. The number of nitrogens with one attached hydrogen (secondary N) is 2. The number of hydrogen-bond acceptors (Lipinski definition) is 4. The zero-order chi connectivity index (χ0) is 23.4. The van der Waals surface area contributed by atoms with Gasteiger partial charge in [-0.3, -0.25) is 9.59 Å². The van der Waals surface area contributed by atoms with E-state index in [-0.39, 0.29) is 11.8 Å². The predicted molar refractivity (Wildman–Crippen MR) is 127 cm³/mol. The summed E-state index contributed by atoms with van der Waals surface area (Å²) in [5.41, 5.74) is 4.19. The fourth-order valence-corrected chi connectivity index (χ4v) is 3.61. The number of aromatic nitrogens is 1. The van der Waals surface area contributed by atoms with Gasteiger partial charge in [-0.15, -0.1) is 0 Å². The summed E-state index contributed by atoms with van der Waals surface area (Å²) >= 11 is 0. The fourth-order valence-electron chi connectivity index (χ4n) is 3.61. The number of benzene rings is 2. The number of ether oxygens (including phenoxy) is 1. The Balaban J connectivity index is 1.41. The molecule has 0 saturated carbocycles. The van der Waals surface area contributed by atoms with Crippen molar-refractivity contribution in [1.82, 2.24) is 4.57 Å². The van der Waals surface area contributed by atoms with E-state index < -0.39 is 0 Å². The summed E-state index contributed by atoms with van der Waals surface area (Å²) in [6.45, 7) is 4.44. The third kappa shape index (κ3) is 4.98. The Morgan fingerprint density at radius 3 is 2.15 bits per heavy atom. The van der Waals surface area contributed by atoms with Crippen molar-refractivity contribution in [3.63, 3.8) is 0 Å². The maximum absolute atomic E-state index is 12.9. The van der Waals surface area contributed by atoms with E-state index in [2.05, 4.69) is 10.6 Å². The second kappa shape index (κ2) is 9.48. The Morgan fingerprint density at radius 1 is 0.909 bits per heavy atom. The quantitative estimate of drug-likeness (QED) is 0.408. The molecule has 0 aliphatic rings. The van der Waals surface area contributed by atoms with Crippen LogP contribution in [0.25, 0.3) is 0 Å². The van der Waals surface area contributed by atoms with Crippen LogP contribution in [0.15, 0.2) is 77.4 Å². The number of nitrogens with zero attached hydrogens (tertiary/aromatic N) is 1. The second-order valence-corrected chi connectivity index (χ2v) is 7.66. The number of hydrogen-bond donors (Lipinski definition) is 2. The maximum Gasteiger partial charge on any atom is 0.257 e. The van der Waals surface area contributed by atoms with Gasteiger partial charge in [-0.1, -0.05) is 0 Å². The van der Waals surface area contributed by atoms with Crippen LogP contribution >= 0.6 is 0 Å². The number of carbonyl (C=O) groups excluding carboxylic acids is 2. The van der Waals surface area contributed by atoms with Crippen molar-refractivity contribution in [2.75, 3.05) is 17.7 Å². The molecule has 0 unspecified atom stereocenters. The van der Waals surface area contributed by atoms with Gasteiger partial charge in [0, 0.05) is 28.3 Å². The molecule has 168 valence electrons. The number of furan rings is 1. The summed E-state index contributed by atoms with van der Waals surface area (Å²) < 4.78 is 12.6. The predicted octanol–water partition coefficient (Wildman–Crippen LogP) is 5.26. The minimum Gasteiger partial charge on any atom is -0.497 e. The minimum absolute atomic E-state index is 0.204. The molecule has 0 radical (unpaired) electrons. The van der Waals surface area contributed by atoms with E-state index in [1.807, 2.05) is 36.6 Å². The van der Waals surface area contributed by atoms with Crippen molar-refractivity contribution < 1.29 is 18.7 Å². The molecule has 4 aromatic rings. The van der Waals surface area contributed by atoms with Crippen LogP contribution < -0.4 is 15.4 Å². The SMILES string of the molecule is COc1ccc(NC(=O)c2ccc(NC(=O)c3cc(C)n(Cc4ccco4)c3C)cc2)cc1. The largest absolute Gasteiger partial charge is 0.497 e. The summed E-state index contributed by atoms with van der Waals surface area (Å²) in [5.74, 6) is 1.10. The van der Waals surface area contributed by atoms with E-state index in [9.17, 15) is 9.59 Å². The molecule has 0 saturated heterocycles. The third-order valence-corrected chi connectivity index (χ3v) is 5.47. The third-order valence-electron chi connectivity index (χ3n) is 5.47. The molecule has 7 heteroatoms. The van der Waals surface area contributed by atoms with Crippen molar-refractivity contribution in [2.24, 2.45) is 0 Å². The van der Waals surface area contributed by atoms with E-state index >= 15 is 0 Å². The van der Waals surface area contributed by atoms with Gasteiger partial charge in [0.2, 0.25) is 0 Å². The highest BCUT2D eigenvalue weighted by molar-refractivity contribution is 6.06. The average molecular weight is 444 g/mol. The molecule has 2 amide bonds. The molecule has 0 atom stereocenters. The lowest BCUT2D eigenvalue weighted by Crippen LogP contribution is -2.14. The number of amides is 2. The van der Waals surface area contributed by atoms with E-state index in [4.69, 9.17) is 9.15 Å². The lowest BCUT2D eigenvalue weighted by atomic mass is 10.1. The molecular formula is C26H25N3O4. The monoisotopic (exact) mass is 443 g/mol. The van der Waals surface area contributed by atoms with Crippen molar-refractivity contribution in [3.05, 3.63) is 101 Å². The standard InChI is InChI=1S/C26H25N3O4/c1-17-15-24(18(2)29(17)16-23-5-4-14-33-23)26(31)28-20-8-6-19(7-9-20)25(30)27-21-10-12-22(32-3)13-11-21/h4-15H,16H2,1-3H3,(H,27,30)(H,28,31). The Hall–Kier alpha value is -4.26. The van der Waals surface area contributed by atoms with Crippen molar-refractivity contribution in [3.8, 4) is 5.75 Å². The zero-order valence-electron chi connectivity index (χ0n) is 18.7. The van der Waals surface area contributed by atoms with E-state index in [0.29, 0.717) is 29.0 Å². The molecule has 0 aliphatic carbocycles. The first-order valence-electron chi connectivity index (χ1n) is 10.5. The summed E-state index contributed by atoms with van der Waals surface area (Å²) in [7, 11) is 1.59. The Kier molecular flexibility index (Phi) is 6.31. The number of aryl methyl sites for hydroxylation is 1. The molecule has 0 fully saturated rings. The molecule has 0 bridgehead atoms. The van der Waals surface area contributed by atoms with Crippen molar-refractivity contribution in [1.29, 1.82) is 0 Å². The van der Waals surface area contributed by atoms with Gasteiger partial charge < -0.3 is 24.4 Å². The molecule has 0 aliphatic heterocycles. The molecule has 33 heavy (non-hydrogen) atoms. The van der Waals surface area contributed by atoms with E-state index in [1.54, 1.807) is 61.9 Å². The van der Waals surface area contributed by atoms with Crippen LogP contribution in [0.3, 0.4) is 0 Å². The average Bonchev–Trinajstić information content (AvgIpc) is 3.44. The molecule has 2 N–H and O–H groups in total. The highest BCUT2D eigenvalue weighted by atomic mass is 16.5. The van der Waals surface area contributed by atoms with Crippen LogP contribution in [0.4, 0.5) is 11.4 Å². The van der Waals surface area contributed by atoms with Crippen LogP contribution in [0.5, 0.6) is 5.75 Å². The van der Waals surface area contributed by atoms with Crippen LogP contribution in [0.1, 0.15) is 37.9 Å². The van der Waals surface area contributed by atoms with Crippen LogP contribution in [0, 0.1) is 13.8 Å². The van der Waals surface area contributed by atoms with Crippen LogP contribution in [-0.2, 0) is 6.54 Å². The minimum atomic E-state index is -0.237. The lowest BCUT2D eigenvalue weighted by Gasteiger charge is -2.09. The van der Waals surface area contributed by atoms with Gasteiger partial charge in [0.05, 0.1) is 25.5 Å². The van der Waals surface area contributed by atoms with Crippen molar-refractivity contribution >= 4 is 23.2 Å². The Bertz CT molecular complexity index is 1250. The first-order chi connectivity index (χ1) is 15.9. The second-order valence-electron chi connectivity index (χ2n) is 7.66. The molecular weight excluding hydrogens is 418 g/mol. The van der Waals surface area contributed by atoms with Gasteiger partial charge in [0.25, 0.3) is 11.8 Å². The van der Waals surface area contributed by atoms with Gasteiger partial charge in [-0.05, 0) is 80.6 Å². The molecule has 2 aromatic heterocycles. The number of carbonyl (C=O) groups is 2. The first-order valence-corrected chi connectivity index (χ1v) is 10.5. The first kappa shape index (κ1) is 22.0. The van der Waals surface area contributed by atoms with Crippen LogP contribution in [-0.4, -0.2) is 23.5 Å². The van der Waals surface area contributed by atoms with Gasteiger partial charge >= 0.3 is 0 Å². The lowest BCUT2D eigenvalue weighted by molar-refractivity contribution is 0.101. The molecule has 0 spiro atoms. The normalized spacial score (nSPS) is 10.6. The smallest absolute Gasteiger partial charge is 0.257 e. The molecule has 7 nitrogen and oxygen atoms in total. The summed E-state index contributed by atoms with van der Waals surface area (Å²) in [4.78, 5) is 25.4.